The molecule has 2 amide bonds. The molecule has 1 aliphatic carbocycles. The average molecular weight is 733 g/mol. The number of carboxylic acid groups (broad SMARTS) is 1. The van der Waals surface area contributed by atoms with Crippen LogP contribution in [0.15, 0.2) is 59.5 Å². The second-order valence-electron chi connectivity index (χ2n) is 13.5. The monoisotopic (exact) mass is 732 g/mol. The van der Waals surface area contributed by atoms with Crippen molar-refractivity contribution >= 4 is 54.9 Å². The van der Waals surface area contributed by atoms with Crippen LogP contribution in [0, 0.1) is 17.6 Å². The van der Waals surface area contributed by atoms with Gasteiger partial charge >= 0.3 is 6.09 Å². The van der Waals surface area contributed by atoms with Gasteiger partial charge in [0.25, 0.3) is 5.91 Å². The highest BCUT2D eigenvalue weighted by atomic mass is 35.5. The van der Waals surface area contributed by atoms with Crippen molar-refractivity contribution < 1.29 is 36.6 Å². The van der Waals surface area contributed by atoms with Crippen LogP contribution in [0.4, 0.5) is 13.6 Å². The van der Waals surface area contributed by atoms with E-state index in [1.165, 1.54) is 18.1 Å². The SMILES string of the molecule is COc1ccc(-c2cccc(S(C)(=O)=O)c2)cc1CN(C(=O)c1sc2c(F)ccc(F)c2c1Cl)C1CCC(CN(C(=O)O)C(C)(C)C)CC1. The predicted molar refractivity (Wildman–Crippen MR) is 188 cm³/mol. The number of thiophene rings is 1. The molecular weight excluding hydrogens is 694 g/mol. The molecular formula is C36H39ClF2N2O6S2. The first-order chi connectivity index (χ1) is 23.0. The maximum atomic E-state index is 14.8. The first-order valence-corrected chi connectivity index (χ1v) is 18.9. The summed E-state index contributed by atoms with van der Waals surface area (Å²) in [6.45, 7) is 5.99. The summed E-state index contributed by atoms with van der Waals surface area (Å²) in [5.74, 6) is -1.31. The summed E-state index contributed by atoms with van der Waals surface area (Å²) in [4.78, 5) is 29.8. The molecule has 1 N–H and O–H groups in total. The molecule has 1 aliphatic rings. The summed E-state index contributed by atoms with van der Waals surface area (Å²) in [7, 11) is -1.94. The molecule has 1 fully saturated rings. The number of fused-ring (bicyclic) bond motifs is 1. The number of ether oxygens (including phenoxy) is 1. The Balaban J connectivity index is 1.52. The van der Waals surface area contributed by atoms with Gasteiger partial charge in [0.05, 0.1) is 27.1 Å². The van der Waals surface area contributed by atoms with Crippen molar-refractivity contribution in [2.75, 3.05) is 19.9 Å². The van der Waals surface area contributed by atoms with Gasteiger partial charge in [-0.05, 0) is 99.9 Å². The molecule has 49 heavy (non-hydrogen) atoms. The molecule has 1 aromatic heterocycles. The zero-order chi connectivity index (χ0) is 35.8. The van der Waals surface area contributed by atoms with Crippen molar-refractivity contribution in [2.24, 2.45) is 5.92 Å². The van der Waals surface area contributed by atoms with Crippen LogP contribution in [0.5, 0.6) is 5.75 Å². The third-order valence-electron chi connectivity index (χ3n) is 9.09. The number of amides is 2. The summed E-state index contributed by atoms with van der Waals surface area (Å²) in [6.07, 6.45) is 2.61. The number of carbonyl (C=O) groups is 2. The van der Waals surface area contributed by atoms with Gasteiger partial charge in [0, 0.05) is 36.5 Å². The number of hydrogen-bond acceptors (Lipinski definition) is 6. The molecule has 0 spiro atoms. The van der Waals surface area contributed by atoms with Crippen LogP contribution in [-0.2, 0) is 16.4 Å². The van der Waals surface area contributed by atoms with Crippen LogP contribution in [-0.4, -0.2) is 66.8 Å². The number of hydrogen-bond donors (Lipinski definition) is 1. The number of sulfone groups is 1. The third-order valence-corrected chi connectivity index (χ3v) is 11.9. The standard InChI is InChI=1S/C36H39ClF2N2O6S2/c1-36(2,3)41(35(43)44)19-21-9-12-25(13-10-21)40(34(42)33-31(37)30-27(38)14-15-28(39)32(30)48-33)20-24-17-23(11-16-29(24)47-4)22-7-6-8-26(18-22)49(5,45)46/h6-8,11,14-18,21,25H,9-10,12-13,19-20H2,1-5H3,(H,43,44). The summed E-state index contributed by atoms with van der Waals surface area (Å²) < 4.78 is 59.8. The van der Waals surface area contributed by atoms with Gasteiger partial charge in [0.2, 0.25) is 0 Å². The molecule has 0 atom stereocenters. The first kappa shape index (κ1) is 36.5. The molecule has 5 rings (SSSR count). The molecule has 0 saturated heterocycles. The molecule has 262 valence electrons. The Bertz CT molecular complexity index is 2000. The van der Waals surface area contributed by atoms with Crippen molar-refractivity contribution in [3.05, 3.63) is 81.7 Å². The van der Waals surface area contributed by atoms with Gasteiger partial charge in [-0.3, -0.25) is 4.79 Å². The van der Waals surface area contributed by atoms with Crippen LogP contribution in [0.1, 0.15) is 61.7 Å². The number of rotatable bonds is 9. The van der Waals surface area contributed by atoms with Crippen LogP contribution >= 0.6 is 22.9 Å². The minimum Gasteiger partial charge on any atom is -0.496 e. The van der Waals surface area contributed by atoms with Gasteiger partial charge < -0.3 is 19.6 Å². The average Bonchev–Trinajstić information content (AvgIpc) is 3.41. The number of nitrogens with zero attached hydrogens (tertiary/aromatic N) is 2. The first-order valence-electron chi connectivity index (χ1n) is 15.8. The summed E-state index contributed by atoms with van der Waals surface area (Å²) >= 11 is 7.41. The molecule has 0 unspecified atom stereocenters. The van der Waals surface area contributed by atoms with E-state index in [0.717, 1.165) is 29.7 Å². The van der Waals surface area contributed by atoms with Gasteiger partial charge in [-0.1, -0.05) is 29.8 Å². The molecule has 3 aromatic carbocycles. The zero-order valence-electron chi connectivity index (χ0n) is 27.9. The van der Waals surface area contributed by atoms with E-state index in [4.69, 9.17) is 16.3 Å². The van der Waals surface area contributed by atoms with E-state index in [1.54, 1.807) is 35.2 Å². The van der Waals surface area contributed by atoms with Gasteiger partial charge in [-0.25, -0.2) is 22.0 Å². The zero-order valence-corrected chi connectivity index (χ0v) is 30.3. The van der Waals surface area contributed by atoms with E-state index in [0.29, 0.717) is 54.7 Å². The maximum Gasteiger partial charge on any atom is 0.407 e. The normalized spacial score (nSPS) is 16.8. The van der Waals surface area contributed by atoms with E-state index in [2.05, 4.69) is 0 Å². The molecule has 4 aromatic rings. The van der Waals surface area contributed by atoms with E-state index >= 15 is 0 Å². The Kier molecular flexibility index (Phi) is 10.6. The van der Waals surface area contributed by atoms with Gasteiger partial charge in [-0.2, -0.15) is 0 Å². The number of benzene rings is 3. The molecule has 8 nitrogen and oxygen atoms in total. The van der Waals surface area contributed by atoms with Crippen LogP contribution in [0.25, 0.3) is 21.2 Å². The minimum absolute atomic E-state index is 0.0172. The molecule has 1 saturated carbocycles. The van der Waals surface area contributed by atoms with Crippen molar-refractivity contribution in [1.29, 1.82) is 0 Å². The van der Waals surface area contributed by atoms with Gasteiger partial charge in [0.1, 0.15) is 22.3 Å². The molecule has 1 heterocycles. The van der Waals surface area contributed by atoms with E-state index in [9.17, 15) is 31.9 Å². The second kappa shape index (κ2) is 14.2. The summed E-state index contributed by atoms with van der Waals surface area (Å²) in [5.41, 5.74) is 1.43. The Labute approximate surface area is 294 Å². The van der Waals surface area contributed by atoms with Crippen molar-refractivity contribution in [3.63, 3.8) is 0 Å². The lowest BCUT2D eigenvalue weighted by atomic mass is 9.84. The lowest BCUT2D eigenvalue weighted by Gasteiger charge is -2.40. The summed E-state index contributed by atoms with van der Waals surface area (Å²) in [5, 5.41) is 9.55. The topological polar surface area (TPSA) is 104 Å². The third kappa shape index (κ3) is 7.86. The highest BCUT2D eigenvalue weighted by Crippen LogP contribution is 2.41. The lowest BCUT2D eigenvalue weighted by molar-refractivity contribution is 0.0535. The van der Waals surface area contributed by atoms with Gasteiger partial charge in [0.15, 0.2) is 9.84 Å². The van der Waals surface area contributed by atoms with Crippen LogP contribution in [0.2, 0.25) is 5.02 Å². The van der Waals surface area contributed by atoms with Crippen LogP contribution in [0.3, 0.4) is 0 Å². The van der Waals surface area contributed by atoms with Gasteiger partial charge in [-0.15, -0.1) is 11.3 Å². The fourth-order valence-electron chi connectivity index (χ4n) is 6.44. The Morgan fingerprint density at radius 3 is 2.24 bits per heavy atom. The fraction of sp³-hybridized carbons (Fsp3) is 0.389. The highest BCUT2D eigenvalue weighted by molar-refractivity contribution is 7.90. The predicted octanol–water partition coefficient (Wildman–Crippen LogP) is 8.89. The van der Waals surface area contributed by atoms with Crippen molar-refractivity contribution in [3.8, 4) is 16.9 Å². The number of methoxy groups -OCH3 is 1. The quantitative estimate of drug-likeness (QED) is 0.184. The second-order valence-corrected chi connectivity index (χ2v) is 16.9. The summed E-state index contributed by atoms with van der Waals surface area (Å²) in [6, 6.07) is 13.7. The molecule has 0 aliphatic heterocycles. The fourth-order valence-corrected chi connectivity index (χ4v) is 8.61. The Morgan fingerprint density at radius 2 is 1.65 bits per heavy atom. The smallest absolute Gasteiger partial charge is 0.407 e. The number of halogens is 3. The van der Waals surface area contributed by atoms with E-state index < -0.39 is 39.0 Å². The van der Waals surface area contributed by atoms with E-state index in [-0.39, 0.29) is 43.4 Å². The maximum absolute atomic E-state index is 14.8. The van der Waals surface area contributed by atoms with Crippen molar-refractivity contribution in [1.82, 2.24) is 9.80 Å². The molecule has 0 bridgehead atoms. The van der Waals surface area contributed by atoms with Crippen molar-refractivity contribution in [2.45, 2.75) is 69.5 Å². The minimum atomic E-state index is -3.46. The molecule has 0 radical (unpaired) electrons. The Hall–Kier alpha value is -3.74. The Morgan fingerprint density at radius 1 is 1.00 bits per heavy atom. The molecule has 13 heteroatoms. The largest absolute Gasteiger partial charge is 0.496 e. The van der Waals surface area contributed by atoms with E-state index in [1.807, 2.05) is 26.8 Å². The highest BCUT2D eigenvalue weighted by Gasteiger charge is 2.35. The number of carbonyl (C=O) groups excluding carboxylic acids is 1. The lowest BCUT2D eigenvalue weighted by Crippen LogP contribution is -2.48. The van der Waals surface area contributed by atoms with Crippen LogP contribution < -0.4 is 4.74 Å².